The lowest BCUT2D eigenvalue weighted by molar-refractivity contribution is -0.385. The second kappa shape index (κ2) is 5.94. The second-order valence-corrected chi connectivity index (χ2v) is 7.06. The molecular formula is C14H13ClN2O4S. The van der Waals surface area contributed by atoms with Gasteiger partial charge in [-0.05, 0) is 30.7 Å². The van der Waals surface area contributed by atoms with Gasteiger partial charge < -0.3 is 0 Å². The van der Waals surface area contributed by atoms with Crippen LogP contribution in [-0.2, 0) is 10.0 Å². The molecule has 8 heteroatoms. The highest BCUT2D eigenvalue weighted by atomic mass is 35.5. The molecule has 0 saturated heterocycles. The van der Waals surface area contributed by atoms with Gasteiger partial charge in [-0.2, -0.15) is 0 Å². The molecular weight excluding hydrogens is 328 g/mol. The number of benzene rings is 2. The monoisotopic (exact) mass is 340 g/mol. The zero-order valence-electron chi connectivity index (χ0n) is 11.9. The normalized spacial score (nSPS) is 11.2. The van der Waals surface area contributed by atoms with E-state index < -0.39 is 14.9 Å². The highest BCUT2D eigenvalue weighted by molar-refractivity contribution is 7.92. The standard InChI is InChI=1S/C14H13ClN2O4S/c1-10-6-7-11(15)8-14(10)16(2)22(20,21)13-5-3-4-12(9-13)17(18)19/h3-9H,1-2H3. The Hall–Kier alpha value is -2.12. The minimum absolute atomic E-state index is 0.149. The van der Waals surface area contributed by atoms with E-state index in [0.717, 1.165) is 15.9 Å². The Morgan fingerprint density at radius 2 is 1.86 bits per heavy atom. The maximum atomic E-state index is 12.6. The highest BCUT2D eigenvalue weighted by Gasteiger charge is 2.24. The van der Waals surface area contributed by atoms with E-state index in [1.54, 1.807) is 19.1 Å². The molecule has 0 bridgehead atoms. The number of rotatable bonds is 4. The van der Waals surface area contributed by atoms with Gasteiger partial charge in [0.1, 0.15) is 0 Å². The highest BCUT2D eigenvalue weighted by Crippen LogP contribution is 2.29. The Bertz CT molecular complexity index is 836. The van der Waals surface area contributed by atoms with Crippen LogP contribution < -0.4 is 4.31 Å². The van der Waals surface area contributed by atoms with E-state index in [9.17, 15) is 18.5 Å². The zero-order chi connectivity index (χ0) is 16.5. The van der Waals surface area contributed by atoms with Crippen molar-refractivity contribution < 1.29 is 13.3 Å². The number of hydrogen-bond acceptors (Lipinski definition) is 4. The summed E-state index contributed by atoms with van der Waals surface area (Å²) in [6, 6.07) is 9.83. The van der Waals surface area contributed by atoms with Gasteiger partial charge >= 0.3 is 0 Å². The van der Waals surface area contributed by atoms with Crippen LogP contribution in [0.1, 0.15) is 5.56 Å². The van der Waals surface area contributed by atoms with Gasteiger partial charge in [-0.3, -0.25) is 14.4 Å². The molecule has 0 heterocycles. The summed E-state index contributed by atoms with van der Waals surface area (Å²) >= 11 is 5.91. The topological polar surface area (TPSA) is 80.5 Å². The molecule has 0 aliphatic rings. The molecule has 0 spiro atoms. The van der Waals surface area contributed by atoms with Crippen molar-refractivity contribution in [2.45, 2.75) is 11.8 Å². The predicted octanol–water partition coefficient (Wildman–Crippen LogP) is 3.38. The van der Waals surface area contributed by atoms with Crippen molar-refractivity contribution in [1.29, 1.82) is 0 Å². The lowest BCUT2D eigenvalue weighted by Crippen LogP contribution is -2.27. The number of nitro benzene ring substituents is 1. The zero-order valence-corrected chi connectivity index (χ0v) is 13.4. The molecule has 2 aromatic rings. The number of nitro groups is 1. The van der Waals surface area contributed by atoms with Gasteiger partial charge in [-0.1, -0.05) is 23.7 Å². The van der Waals surface area contributed by atoms with E-state index in [1.165, 1.54) is 31.3 Å². The van der Waals surface area contributed by atoms with E-state index in [4.69, 9.17) is 11.6 Å². The summed E-state index contributed by atoms with van der Waals surface area (Å²) in [6.07, 6.45) is 0. The first-order chi connectivity index (χ1) is 10.2. The molecule has 0 aromatic heterocycles. The maximum Gasteiger partial charge on any atom is 0.270 e. The first kappa shape index (κ1) is 16.3. The van der Waals surface area contributed by atoms with Gasteiger partial charge in [0.25, 0.3) is 15.7 Å². The molecule has 6 nitrogen and oxygen atoms in total. The largest absolute Gasteiger partial charge is 0.270 e. The average Bonchev–Trinajstić information content (AvgIpc) is 2.49. The van der Waals surface area contributed by atoms with Crippen molar-refractivity contribution in [2.24, 2.45) is 0 Å². The van der Waals surface area contributed by atoms with Crippen LogP contribution in [0.4, 0.5) is 11.4 Å². The maximum absolute atomic E-state index is 12.6. The molecule has 22 heavy (non-hydrogen) atoms. The number of anilines is 1. The fourth-order valence-corrected chi connectivity index (χ4v) is 3.43. The predicted molar refractivity (Wildman–Crippen MR) is 84.9 cm³/mol. The molecule has 0 unspecified atom stereocenters. The molecule has 0 saturated carbocycles. The Kier molecular flexibility index (Phi) is 4.39. The van der Waals surface area contributed by atoms with Crippen molar-refractivity contribution in [2.75, 3.05) is 11.4 Å². The van der Waals surface area contributed by atoms with E-state index in [-0.39, 0.29) is 10.6 Å². The van der Waals surface area contributed by atoms with Gasteiger partial charge in [-0.15, -0.1) is 0 Å². The number of nitrogens with zero attached hydrogens (tertiary/aromatic N) is 2. The lowest BCUT2D eigenvalue weighted by atomic mass is 10.2. The van der Waals surface area contributed by atoms with Crippen LogP contribution in [0.25, 0.3) is 0 Å². The number of halogens is 1. The van der Waals surface area contributed by atoms with Gasteiger partial charge in [0.05, 0.1) is 15.5 Å². The summed E-state index contributed by atoms with van der Waals surface area (Å²) in [4.78, 5) is 10.0. The van der Waals surface area contributed by atoms with Crippen LogP contribution in [-0.4, -0.2) is 20.4 Å². The summed E-state index contributed by atoms with van der Waals surface area (Å²) in [6.45, 7) is 1.76. The van der Waals surface area contributed by atoms with Crippen LogP contribution >= 0.6 is 11.6 Å². The number of hydrogen-bond donors (Lipinski definition) is 0. The third-order valence-electron chi connectivity index (χ3n) is 3.20. The minimum atomic E-state index is -3.92. The summed E-state index contributed by atoms with van der Waals surface area (Å²) in [5.41, 5.74) is 0.859. The van der Waals surface area contributed by atoms with Crippen molar-refractivity contribution in [3.8, 4) is 0 Å². The van der Waals surface area contributed by atoms with Crippen molar-refractivity contribution >= 4 is 33.0 Å². The SMILES string of the molecule is Cc1ccc(Cl)cc1N(C)S(=O)(=O)c1cccc([N+](=O)[O-])c1. The fraction of sp³-hybridized carbons (Fsp3) is 0.143. The first-order valence-electron chi connectivity index (χ1n) is 6.23. The molecule has 0 aliphatic carbocycles. The molecule has 2 rings (SSSR count). The van der Waals surface area contributed by atoms with Gasteiger partial charge in [-0.25, -0.2) is 8.42 Å². The Balaban J connectivity index is 2.52. The fourth-order valence-electron chi connectivity index (χ4n) is 1.97. The Morgan fingerprint density at radius 3 is 2.50 bits per heavy atom. The third-order valence-corrected chi connectivity index (χ3v) is 5.20. The van der Waals surface area contributed by atoms with Gasteiger partial charge in [0.2, 0.25) is 0 Å². The molecule has 116 valence electrons. The van der Waals surface area contributed by atoms with Crippen LogP contribution in [0.2, 0.25) is 5.02 Å². The summed E-state index contributed by atoms with van der Waals surface area (Å²) in [5, 5.41) is 11.2. The van der Waals surface area contributed by atoms with E-state index >= 15 is 0 Å². The average molecular weight is 341 g/mol. The molecule has 0 fully saturated rings. The molecule has 0 radical (unpaired) electrons. The van der Waals surface area contributed by atoms with Crippen LogP contribution in [0.5, 0.6) is 0 Å². The van der Waals surface area contributed by atoms with Crippen molar-refractivity contribution in [1.82, 2.24) is 0 Å². The van der Waals surface area contributed by atoms with E-state index in [0.29, 0.717) is 10.7 Å². The van der Waals surface area contributed by atoms with Gasteiger partial charge in [0, 0.05) is 24.2 Å². The molecule has 0 amide bonds. The summed E-state index contributed by atoms with van der Waals surface area (Å²) < 4.78 is 26.3. The van der Waals surface area contributed by atoms with Crippen LogP contribution in [0, 0.1) is 17.0 Å². The molecule has 0 N–H and O–H groups in total. The third kappa shape index (κ3) is 3.05. The Labute approximate surface area is 133 Å². The molecule has 0 aliphatic heterocycles. The summed E-state index contributed by atoms with van der Waals surface area (Å²) in [5.74, 6) is 0. The van der Waals surface area contributed by atoms with Crippen molar-refractivity contribution in [3.63, 3.8) is 0 Å². The molecule has 0 atom stereocenters. The number of aryl methyl sites for hydroxylation is 1. The lowest BCUT2D eigenvalue weighted by Gasteiger charge is -2.21. The smallest absolute Gasteiger partial charge is 0.269 e. The van der Waals surface area contributed by atoms with E-state index in [1.807, 2.05) is 0 Å². The van der Waals surface area contributed by atoms with Crippen LogP contribution in [0.15, 0.2) is 47.4 Å². The number of non-ortho nitro benzene ring substituents is 1. The Morgan fingerprint density at radius 1 is 1.18 bits per heavy atom. The van der Waals surface area contributed by atoms with Crippen molar-refractivity contribution in [3.05, 3.63) is 63.2 Å². The van der Waals surface area contributed by atoms with Gasteiger partial charge in [0.15, 0.2) is 0 Å². The first-order valence-corrected chi connectivity index (χ1v) is 8.05. The van der Waals surface area contributed by atoms with Crippen LogP contribution in [0.3, 0.4) is 0 Å². The van der Waals surface area contributed by atoms with E-state index in [2.05, 4.69) is 0 Å². The second-order valence-electron chi connectivity index (χ2n) is 4.66. The minimum Gasteiger partial charge on any atom is -0.269 e. The molecule has 2 aromatic carbocycles. The quantitative estimate of drug-likeness (QED) is 0.631. The summed E-state index contributed by atoms with van der Waals surface area (Å²) in [7, 11) is -2.54. The number of sulfonamides is 1.